The van der Waals surface area contributed by atoms with Gasteiger partial charge in [0.05, 0.1) is 30.2 Å². The number of likely N-dealkylation sites (N-methyl/N-ethyl adjacent to an activating group) is 1. The number of aliphatic hydroxyl groups is 2. The standard InChI is InChI=1S/C24H33N2O4/c1-4-13-14-10-17-21-24(15-8-6-7-9-16(15)25(21)3)11-18(20(14)22(24)28)26(17,23(13)29)12-19(27)30-5-2/h6-9,13-14,17-18,20-23,28-29H,4-5,10-12H2,1-3H3/q+1/t13-,14-,17+,18+,20-,21+,22-,23-,24+,26+/m1/s1. The summed E-state index contributed by atoms with van der Waals surface area (Å²) in [6, 6.07) is 8.84. The maximum Gasteiger partial charge on any atom is 0.361 e. The van der Waals surface area contributed by atoms with E-state index in [0.29, 0.717) is 17.0 Å². The molecule has 5 aliphatic heterocycles. The number of fused-ring (bicyclic) bond motifs is 2. The lowest BCUT2D eigenvalue weighted by atomic mass is 9.60. The number of para-hydroxylation sites is 1. The van der Waals surface area contributed by atoms with Crippen molar-refractivity contribution < 1.29 is 24.2 Å². The minimum Gasteiger partial charge on any atom is -0.462 e. The van der Waals surface area contributed by atoms with Gasteiger partial charge in [0, 0.05) is 37.4 Å². The summed E-state index contributed by atoms with van der Waals surface area (Å²) in [4.78, 5) is 15.2. The minimum absolute atomic E-state index is 0.0954. The first-order valence-corrected chi connectivity index (χ1v) is 11.6. The Morgan fingerprint density at radius 2 is 2.03 bits per heavy atom. The Morgan fingerprint density at radius 1 is 1.27 bits per heavy atom. The lowest BCUT2D eigenvalue weighted by Gasteiger charge is -2.67. The zero-order chi connectivity index (χ0) is 21.0. The van der Waals surface area contributed by atoms with E-state index in [9.17, 15) is 15.0 Å². The van der Waals surface area contributed by atoms with Crippen LogP contribution in [0.15, 0.2) is 24.3 Å². The Morgan fingerprint density at radius 3 is 2.77 bits per heavy atom. The van der Waals surface area contributed by atoms with Crippen LogP contribution in [0.2, 0.25) is 0 Å². The summed E-state index contributed by atoms with van der Waals surface area (Å²) in [5.41, 5.74) is 2.17. The van der Waals surface area contributed by atoms with Gasteiger partial charge in [-0.25, -0.2) is 4.79 Å². The van der Waals surface area contributed by atoms with Gasteiger partial charge in [0.1, 0.15) is 6.04 Å². The molecule has 1 aliphatic carbocycles. The molecule has 30 heavy (non-hydrogen) atoms. The SMILES string of the molecule is CCOC(=O)C[N@+]12[C@H](O)[C@H](CC)[C@H]3C[C@H]1[C@@H]1N(C)c4ccccc4[C@@]14C[C@H]2[C@@H]3[C@H]4O. The lowest BCUT2D eigenvalue weighted by molar-refractivity contribution is -1.03. The molecule has 1 saturated carbocycles. The average Bonchev–Trinajstić information content (AvgIpc) is 3.11. The van der Waals surface area contributed by atoms with Crippen molar-refractivity contribution in [3.8, 4) is 0 Å². The first-order chi connectivity index (χ1) is 14.4. The summed E-state index contributed by atoms with van der Waals surface area (Å²) >= 11 is 0. The topological polar surface area (TPSA) is 70.0 Å². The van der Waals surface area contributed by atoms with Crippen molar-refractivity contribution in [2.45, 2.75) is 69.0 Å². The first kappa shape index (κ1) is 19.1. The van der Waals surface area contributed by atoms with Crippen LogP contribution < -0.4 is 4.90 Å². The third kappa shape index (κ3) is 1.83. The Kier molecular flexibility index (Phi) is 3.81. The Bertz CT molecular complexity index is 907. The summed E-state index contributed by atoms with van der Waals surface area (Å²) in [7, 11) is 2.14. The summed E-state index contributed by atoms with van der Waals surface area (Å²) < 4.78 is 5.81. The van der Waals surface area contributed by atoms with E-state index in [-0.39, 0.29) is 47.9 Å². The fourth-order valence-electron chi connectivity index (χ4n) is 9.13. The van der Waals surface area contributed by atoms with Crippen LogP contribution in [0.1, 0.15) is 38.7 Å². The second-order valence-electron chi connectivity index (χ2n) is 10.3. The number of quaternary nitrogens is 1. The number of carbonyl (C=O) groups is 1. The molecular formula is C24H33N2O4+. The molecule has 0 aromatic heterocycles. The van der Waals surface area contributed by atoms with Gasteiger partial charge in [0.15, 0.2) is 12.8 Å². The molecule has 6 heteroatoms. The maximum atomic E-state index is 12.8. The number of esters is 1. The van der Waals surface area contributed by atoms with Crippen molar-refractivity contribution in [1.82, 2.24) is 0 Å². The number of aliphatic hydroxyl groups excluding tert-OH is 2. The van der Waals surface area contributed by atoms with Gasteiger partial charge in [0.25, 0.3) is 0 Å². The maximum absolute atomic E-state index is 12.8. The molecule has 6 nitrogen and oxygen atoms in total. The number of hydrogen-bond donors (Lipinski definition) is 2. The molecule has 5 fully saturated rings. The highest BCUT2D eigenvalue weighted by Crippen LogP contribution is 2.71. The monoisotopic (exact) mass is 413 g/mol. The number of nitrogens with zero attached hydrogens (tertiary/aromatic N) is 2. The van der Waals surface area contributed by atoms with Crippen LogP contribution in [0.25, 0.3) is 0 Å². The molecule has 4 saturated heterocycles. The fraction of sp³-hybridized carbons (Fsp3) is 0.708. The van der Waals surface area contributed by atoms with Gasteiger partial charge in [-0.2, -0.15) is 0 Å². The highest BCUT2D eigenvalue weighted by atomic mass is 16.5. The van der Waals surface area contributed by atoms with Gasteiger partial charge in [-0.15, -0.1) is 0 Å². The number of ether oxygens (including phenoxy) is 1. The second kappa shape index (κ2) is 5.99. The second-order valence-corrected chi connectivity index (χ2v) is 10.3. The molecule has 0 unspecified atom stereocenters. The van der Waals surface area contributed by atoms with Crippen LogP contribution in [0.3, 0.4) is 0 Å². The zero-order valence-corrected chi connectivity index (χ0v) is 18.1. The molecule has 1 aromatic carbocycles. The molecule has 1 aromatic rings. The number of benzene rings is 1. The predicted octanol–water partition coefficient (Wildman–Crippen LogP) is 1.63. The van der Waals surface area contributed by atoms with E-state index in [1.165, 1.54) is 11.3 Å². The minimum atomic E-state index is -0.565. The fourth-order valence-corrected chi connectivity index (χ4v) is 9.13. The van der Waals surface area contributed by atoms with Crippen LogP contribution in [-0.4, -0.2) is 71.3 Å². The molecule has 162 valence electrons. The average molecular weight is 414 g/mol. The van der Waals surface area contributed by atoms with Crippen molar-refractivity contribution in [2.24, 2.45) is 17.8 Å². The third-order valence-corrected chi connectivity index (χ3v) is 9.83. The summed E-state index contributed by atoms with van der Waals surface area (Å²) in [6.45, 7) is 4.55. The van der Waals surface area contributed by atoms with Gasteiger partial charge in [0.2, 0.25) is 0 Å². The molecule has 2 N–H and O–H groups in total. The molecule has 10 atom stereocenters. The molecular weight excluding hydrogens is 380 g/mol. The van der Waals surface area contributed by atoms with Crippen molar-refractivity contribution in [3.05, 3.63) is 29.8 Å². The van der Waals surface area contributed by atoms with E-state index >= 15 is 0 Å². The predicted molar refractivity (Wildman–Crippen MR) is 112 cm³/mol. The Hall–Kier alpha value is -1.63. The number of rotatable bonds is 4. The molecule has 0 amide bonds. The molecule has 7 rings (SSSR count). The molecule has 0 radical (unpaired) electrons. The van der Waals surface area contributed by atoms with E-state index in [2.05, 4.69) is 43.1 Å². The highest BCUT2D eigenvalue weighted by molar-refractivity contribution is 5.71. The Balaban J connectivity index is 1.57. The van der Waals surface area contributed by atoms with Crippen molar-refractivity contribution >= 4 is 11.7 Å². The normalized spacial score (nSPS) is 49.3. The van der Waals surface area contributed by atoms with Crippen LogP contribution in [0.5, 0.6) is 0 Å². The van der Waals surface area contributed by atoms with Crippen LogP contribution in [0, 0.1) is 17.8 Å². The molecule has 5 bridgehead atoms. The van der Waals surface area contributed by atoms with Crippen molar-refractivity contribution in [2.75, 3.05) is 25.1 Å². The number of hydrogen-bond acceptors (Lipinski definition) is 5. The van der Waals surface area contributed by atoms with E-state index in [0.717, 1.165) is 19.3 Å². The van der Waals surface area contributed by atoms with E-state index < -0.39 is 12.3 Å². The van der Waals surface area contributed by atoms with Crippen molar-refractivity contribution in [3.63, 3.8) is 0 Å². The quantitative estimate of drug-likeness (QED) is 0.580. The molecule has 1 spiro atoms. The number of piperidine rings is 4. The van der Waals surface area contributed by atoms with Gasteiger partial charge >= 0.3 is 5.97 Å². The first-order valence-electron chi connectivity index (χ1n) is 11.6. The summed E-state index contributed by atoms with van der Waals surface area (Å²) in [5.74, 6) is 0.361. The smallest absolute Gasteiger partial charge is 0.361 e. The van der Waals surface area contributed by atoms with Crippen molar-refractivity contribution in [1.29, 1.82) is 0 Å². The van der Waals surface area contributed by atoms with Gasteiger partial charge < -0.3 is 19.8 Å². The van der Waals surface area contributed by atoms with Gasteiger partial charge in [-0.3, -0.25) is 4.48 Å². The largest absolute Gasteiger partial charge is 0.462 e. The van der Waals surface area contributed by atoms with Crippen LogP contribution >= 0.6 is 0 Å². The third-order valence-electron chi connectivity index (χ3n) is 9.83. The number of carbonyl (C=O) groups excluding carboxylic acids is 1. The van der Waals surface area contributed by atoms with Crippen LogP contribution in [0.4, 0.5) is 5.69 Å². The zero-order valence-electron chi connectivity index (χ0n) is 18.1. The number of anilines is 1. The van der Waals surface area contributed by atoms with Crippen LogP contribution in [-0.2, 0) is 14.9 Å². The summed E-state index contributed by atoms with van der Waals surface area (Å²) in [5, 5.41) is 23.7. The van der Waals surface area contributed by atoms with Gasteiger partial charge in [-0.1, -0.05) is 25.1 Å². The Labute approximate surface area is 178 Å². The van der Waals surface area contributed by atoms with Gasteiger partial charge in [-0.05, 0) is 30.9 Å². The molecule has 5 heterocycles. The molecule has 6 aliphatic rings. The van der Waals surface area contributed by atoms with E-state index in [4.69, 9.17) is 4.74 Å². The highest BCUT2D eigenvalue weighted by Gasteiger charge is 2.83. The van der Waals surface area contributed by atoms with E-state index in [1.54, 1.807) is 0 Å². The lowest BCUT2D eigenvalue weighted by Crippen LogP contribution is -2.83. The summed E-state index contributed by atoms with van der Waals surface area (Å²) in [6.07, 6.45) is 1.69. The van der Waals surface area contributed by atoms with E-state index in [1.807, 2.05) is 6.92 Å².